The topological polar surface area (TPSA) is 37.8 Å². The maximum Gasteiger partial charge on any atom is 0.155 e. The van der Waals surface area contributed by atoms with E-state index in [2.05, 4.69) is 21.3 Å². The average molecular weight is 119 g/mol. The molecule has 0 unspecified atom stereocenters. The summed E-state index contributed by atoms with van der Waals surface area (Å²) >= 11 is 0. The second-order valence-corrected chi connectivity index (χ2v) is 1.36. The third-order valence-corrected chi connectivity index (χ3v) is 0.763. The molecule has 0 aromatic carbocycles. The zero-order chi connectivity index (χ0) is 6.53. The third kappa shape index (κ3) is 1.42. The largest absolute Gasteiger partial charge is 0.298 e. The molecular formula is C6H5N3. The highest BCUT2D eigenvalue weighted by Gasteiger charge is 1.83. The lowest BCUT2D eigenvalue weighted by Gasteiger charge is -1.91. The number of hydrogen-bond acceptors (Lipinski definition) is 3. The van der Waals surface area contributed by atoms with Crippen molar-refractivity contribution in [3.05, 3.63) is 18.6 Å². The van der Waals surface area contributed by atoms with Gasteiger partial charge in [0.15, 0.2) is 5.82 Å². The summed E-state index contributed by atoms with van der Waals surface area (Å²) in [5.74, 6) is 0.597. The predicted octanol–water partition coefficient (Wildman–Crippen LogP) is 0.479. The van der Waals surface area contributed by atoms with Gasteiger partial charge in [-0.05, 0) is 0 Å². The van der Waals surface area contributed by atoms with Crippen LogP contribution in [0.15, 0.2) is 18.6 Å². The number of terminal acetylenes is 1. The van der Waals surface area contributed by atoms with Gasteiger partial charge >= 0.3 is 0 Å². The van der Waals surface area contributed by atoms with Crippen LogP contribution >= 0.6 is 0 Å². The lowest BCUT2D eigenvalue weighted by Crippen LogP contribution is -1.90. The van der Waals surface area contributed by atoms with Crippen molar-refractivity contribution >= 4 is 5.82 Å². The molecule has 0 aliphatic rings. The predicted molar refractivity (Wildman–Crippen MR) is 34.5 cm³/mol. The summed E-state index contributed by atoms with van der Waals surface area (Å²) in [7, 11) is 0. The van der Waals surface area contributed by atoms with E-state index in [1.165, 1.54) is 0 Å². The molecule has 0 atom stereocenters. The second kappa shape index (κ2) is 2.68. The van der Waals surface area contributed by atoms with Crippen molar-refractivity contribution in [2.24, 2.45) is 0 Å². The number of rotatable bonds is 1. The molecule has 0 amide bonds. The summed E-state index contributed by atoms with van der Waals surface area (Å²) in [4.78, 5) is 7.64. The highest BCUT2D eigenvalue weighted by molar-refractivity contribution is 5.35. The van der Waals surface area contributed by atoms with Crippen LogP contribution in [0.4, 0.5) is 5.82 Å². The number of nitrogens with zero attached hydrogens (tertiary/aromatic N) is 2. The van der Waals surface area contributed by atoms with Crippen LogP contribution in [0.25, 0.3) is 0 Å². The Kier molecular flexibility index (Phi) is 1.66. The summed E-state index contributed by atoms with van der Waals surface area (Å²) in [5, 5.41) is 2.56. The molecule has 9 heavy (non-hydrogen) atoms. The molecule has 0 radical (unpaired) electrons. The van der Waals surface area contributed by atoms with Gasteiger partial charge in [-0.1, -0.05) is 6.42 Å². The van der Waals surface area contributed by atoms with Gasteiger partial charge in [-0.3, -0.25) is 10.3 Å². The van der Waals surface area contributed by atoms with Gasteiger partial charge in [0.25, 0.3) is 0 Å². The fourth-order valence-electron chi connectivity index (χ4n) is 0.438. The van der Waals surface area contributed by atoms with Gasteiger partial charge in [-0.2, -0.15) is 0 Å². The third-order valence-electron chi connectivity index (χ3n) is 0.763. The van der Waals surface area contributed by atoms with Crippen LogP contribution in [0.5, 0.6) is 0 Å². The van der Waals surface area contributed by atoms with Gasteiger partial charge in [0, 0.05) is 18.4 Å². The van der Waals surface area contributed by atoms with E-state index in [0.29, 0.717) is 5.82 Å². The molecule has 0 fully saturated rings. The van der Waals surface area contributed by atoms with E-state index in [1.807, 2.05) is 0 Å². The highest BCUT2D eigenvalue weighted by atomic mass is 15.0. The van der Waals surface area contributed by atoms with Gasteiger partial charge < -0.3 is 0 Å². The van der Waals surface area contributed by atoms with Gasteiger partial charge in [0.2, 0.25) is 0 Å². The van der Waals surface area contributed by atoms with Crippen LogP contribution in [0.2, 0.25) is 0 Å². The summed E-state index contributed by atoms with van der Waals surface area (Å²) in [5.41, 5.74) is 0. The lowest BCUT2D eigenvalue weighted by molar-refractivity contribution is 1.20. The first-order valence-electron chi connectivity index (χ1n) is 2.41. The minimum Gasteiger partial charge on any atom is -0.298 e. The minimum absolute atomic E-state index is 0.597. The molecule has 3 heteroatoms. The van der Waals surface area contributed by atoms with Crippen molar-refractivity contribution in [3.63, 3.8) is 0 Å². The second-order valence-electron chi connectivity index (χ2n) is 1.36. The molecule has 0 aliphatic heterocycles. The Hall–Kier alpha value is -1.56. The summed E-state index contributed by atoms with van der Waals surface area (Å²) < 4.78 is 0. The normalized spacial score (nSPS) is 7.89. The zero-order valence-corrected chi connectivity index (χ0v) is 4.70. The van der Waals surface area contributed by atoms with Gasteiger partial charge in [-0.25, -0.2) is 4.98 Å². The first kappa shape index (κ1) is 5.57. The van der Waals surface area contributed by atoms with Crippen molar-refractivity contribution in [2.45, 2.75) is 0 Å². The minimum atomic E-state index is 0.597. The molecule has 0 saturated carbocycles. The van der Waals surface area contributed by atoms with Crippen LogP contribution in [-0.4, -0.2) is 9.97 Å². The van der Waals surface area contributed by atoms with Gasteiger partial charge in [-0.15, -0.1) is 0 Å². The molecule has 3 nitrogen and oxygen atoms in total. The maximum atomic E-state index is 4.93. The van der Waals surface area contributed by atoms with Crippen molar-refractivity contribution < 1.29 is 0 Å². The highest BCUT2D eigenvalue weighted by Crippen LogP contribution is 1.93. The SMILES string of the molecule is C#CNc1cnccn1. The van der Waals surface area contributed by atoms with E-state index >= 15 is 0 Å². The Bertz CT molecular complexity index is 211. The standard InChI is InChI=1S/C6H5N3/c1-2-8-6-5-7-3-4-9-6/h1,3-5H,(H,8,9). The Morgan fingerprint density at radius 3 is 3.00 bits per heavy atom. The molecule has 0 saturated heterocycles. The van der Waals surface area contributed by atoms with Crippen LogP contribution < -0.4 is 5.32 Å². The molecule has 1 rings (SSSR count). The maximum absolute atomic E-state index is 4.93. The van der Waals surface area contributed by atoms with Crippen LogP contribution in [-0.2, 0) is 0 Å². The van der Waals surface area contributed by atoms with E-state index in [0.717, 1.165) is 0 Å². The monoisotopic (exact) mass is 119 g/mol. The van der Waals surface area contributed by atoms with Crippen molar-refractivity contribution in [3.8, 4) is 12.5 Å². The van der Waals surface area contributed by atoms with Crippen LogP contribution in [0.1, 0.15) is 0 Å². The molecule has 0 aliphatic carbocycles. The van der Waals surface area contributed by atoms with Crippen molar-refractivity contribution in [2.75, 3.05) is 5.32 Å². The first-order chi connectivity index (χ1) is 4.43. The summed E-state index contributed by atoms with van der Waals surface area (Å²) in [6.07, 6.45) is 9.64. The molecule has 0 spiro atoms. The zero-order valence-electron chi connectivity index (χ0n) is 4.70. The van der Waals surface area contributed by atoms with Gasteiger partial charge in [0.1, 0.15) is 0 Å². The molecule has 0 bridgehead atoms. The molecule has 1 aromatic rings. The van der Waals surface area contributed by atoms with Gasteiger partial charge in [0.05, 0.1) is 6.20 Å². The number of aromatic nitrogens is 2. The lowest BCUT2D eigenvalue weighted by atomic mass is 10.7. The average Bonchev–Trinajstić information content (AvgIpc) is 1.91. The molecular weight excluding hydrogens is 114 g/mol. The van der Waals surface area contributed by atoms with E-state index < -0.39 is 0 Å². The Morgan fingerprint density at radius 2 is 2.44 bits per heavy atom. The van der Waals surface area contributed by atoms with Crippen molar-refractivity contribution in [1.29, 1.82) is 0 Å². The molecule has 1 heterocycles. The van der Waals surface area contributed by atoms with E-state index in [4.69, 9.17) is 6.42 Å². The smallest absolute Gasteiger partial charge is 0.155 e. The Morgan fingerprint density at radius 1 is 1.56 bits per heavy atom. The van der Waals surface area contributed by atoms with E-state index in [9.17, 15) is 0 Å². The summed E-state index contributed by atoms with van der Waals surface area (Å²) in [6, 6.07) is 2.23. The Balaban J connectivity index is 2.76. The van der Waals surface area contributed by atoms with Crippen LogP contribution in [0, 0.1) is 12.5 Å². The molecule has 44 valence electrons. The van der Waals surface area contributed by atoms with E-state index in [-0.39, 0.29) is 0 Å². The van der Waals surface area contributed by atoms with E-state index in [1.54, 1.807) is 18.6 Å². The first-order valence-corrected chi connectivity index (χ1v) is 2.41. The number of nitrogens with one attached hydrogen (secondary N) is 1. The number of anilines is 1. The molecule has 1 aromatic heterocycles. The van der Waals surface area contributed by atoms with Crippen molar-refractivity contribution in [1.82, 2.24) is 9.97 Å². The quantitative estimate of drug-likeness (QED) is 0.431. The molecule has 1 N–H and O–H groups in total. The fourth-order valence-corrected chi connectivity index (χ4v) is 0.438. The summed E-state index contributed by atoms with van der Waals surface area (Å²) in [6.45, 7) is 0. The number of hydrogen-bond donors (Lipinski definition) is 1. The fraction of sp³-hybridized carbons (Fsp3) is 0. The van der Waals surface area contributed by atoms with Crippen LogP contribution in [0.3, 0.4) is 0 Å². The Labute approximate surface area is 53.1 Å².